The summed E-state index contributed by atoms with van der Waals surface area (Å²) < 4.78 is 5.46. The van der Waals surface area contributed by atoms with Crippen LogP contribution in [0.4, 0.5) is 11.8 Å². The topological polar surface area (TPSA) is 83.5 Å². The third-order valence-corrected chi connectivity index (χ3v) is 5.85. The van der Waals surface area contributed by atoms with E-state index in [4.69, 9.17) is 9.72 Å². The molecule has 31 heavy (non-hydrogen) atoms. The van der Waals surface area contributed by atoms with Gasteiger partial charge in [-0.25, -0.2) is 9.97 Å². The molecule has 2 aromatic heterocycles. The Morgan fingerprint density at radius 3 is 2.77 bits per heavy atom. The number of carbonyl (C=O) groups excluding carboxylic acids is 1. The SMILES string of the molecule is CN(CCc1ccccc1)c1nc(C(=O)NCc2nccs2)cc(N2CCOCC2)n1. The van der Waals surface area contributed by atoms with E-state index in [9.17, 15) is 4.79 Å². The fraction of sp³-hybridized carbons (Fsp3) is 0.364. The van der Waals surface area contributed by atoms with Crippen molar-refractivity contribution < 1.29 is 9.53 Å². The number of ether oxygens (including phenoxy) is 1. The number of nitrogens with zero attached hydrogens (tertiary/aromatic N) is 5. The minimum Gasteiger partial charge on any atom is -0.378 e. The number of morpholine rings is 1. The van der Waals surface area contributed by atoms with Gasteiger partial charge in [-0.3, -0.25) is 4.79 Å². The normalized spacial score (nSPS) is 13.8. The minimum atomic E-state index is -0.232. The van der Waals surface area contributed by atoms with Crippen molar-refractivity contribution in [3.8, 4) is 0 Å². The third kappa shape index (κ3) is 5.77. The highest BCUT2D eigenvalue weighted by molar-refractivity contribution is 7.09. The Kier molecular flexibility index (Phi) is 7.06. The number of carbonyl (C=O) groups is 1. The number of rotatable bonds is 8. The average Bonchev–Trinajstić information content (AvgIpc) is 3.35. The van der Waals surface area contributed by atoms with Crippen LogP contribution >= 0.6 is 11.3 Å². The molecule has 4 rings (SSSR count). The Morgan fingerprint density at radius 2 is 2.03 bits per heavy atom. The van der Waals surface area contributed by atoms with Crippen LogP contribution in [0.3, 0.4) is 0 Å². The second-order valence-electron chi connectivity index (χ2n) is 7.28. The first-order chi connectivity index (χ1) is 15.2. The van der Waals surface area contributed by atoms with E-state index in [0.717, 1.165) is 36.9 Å². The van der Waals surface area contributed by atoms with Gasteiger partial charge in [0.05, 0.1) is 19.8 Å². The summed E-state index contributed by atoms with van der Waals surface area (Å²) in [6, 6.07) is 12.1. The molecule has 1 aliphatic heterocycles. The number of anilines is 2. The van der Waals surface area contributed by atoms with E-state index in [2.05, 4.69) is 32.3 Å². The van der Waals surface area contributed by atoms with Crippen LogP contribution in [0.2, 0.25) is 0 Å². The van der Waals surface area contributed by atoms with Gasteiger partial charge < -0.3 is 19.9 Å². The molecule has 0 unspecified atom stereocenters. The lowest BCUT2D eigenvalue weighted by Crippen LogP contribution is -2.37. The monoisotopic (exact) mass is 438 g/mol. The zero-order valence-electron chi connectivity index (χ0n) is 17.5. The molecule has 162 valence electrons. The van der Waals surface area contributed by atoms with Crippen LogP contribution in [-0.2, 0) is 17.7 Å². The number of nitrogens with one attached hydrogen (secondary N) is 1. The van der Waals surface area contributed by atoms with Gasteiger partial charge in [0.15, 0.2) is 0 Å². The van der Waals surface area contributed by atoms with Gasteiger partial charge in [-0.1, -0.05) is 30.3 Å². The van der Waals surface area contributed by atoms with E-state index in [1.54, 1.807) is 12.3 Å². The van der Waals surface area contributed by atoms with Gasteiger partial charge in [0.1, 0.15) is 16.5 Å². The number of amides is 1. The quantitative estimate of drug-likeness (QED) is 0.578. The Labute approximate surface area is 185 Å². The average molecular weight is 439 g/mol. The fourth-order valence-corrected chi connectivity index (χ4v) is 3.85. The van der Waals surface area contributed by atoms with Crippen LogP contribution < -0.4 is 15.1 Å². The van der Waals surface area contributed by atoms with Crippen molar-refractivity contribution >= 4 is 29.0 Å². The van der Waals surface area contributed by atoms with Gasteiger partial charge >= 0.3 is 0 Å². The number of likely N-dealkylation sites (N-methyl/N-ethyl adjacent to an activating group) is 1. The molecule has 9 heteroatoms. The highest BCUT2D eigenvalue weighted by Crippen LogP contribution is 2.19. The molecule has 0 bridgehead atoms. The number of hydrogen-bond acceptors (Lipinski definition) is 8. The largest absolute Gasteiger partial charge is 0.378 e. The minimum absolute atomic E-state index is 0.232. The van der Waals surface area contributed by atoms with Gasteiger partial charge in [-0.2, -0.15) is 4.98 Å². The van der Waals surface area contributed by atoms with Crippen molar-refractivity contribution in [3.63, 3.8) is 0 Å². The van der Waals surface area contributed by atoms with E-state index < -0.39 is 0 Å². The summed E-state index contributed by atoms with van der Waals surface area (Å²) in [7, 11) is 1.96. The molecule has 3 aromatic rings. The van der Waals surface area contributed by atoms with Crippen LogP contribution in [-0.4, -0.2) is 60.8 Å². The molecule has 1 aliphatic rings. The summed E-state index contributed by atoms with van der Waals surface area (Å²) in [5, 5.41) is 5.66. The first-order valence-corrected chi connectivity index (χ1v) is 11.2. The molecule has 0 atom stereocenters. The lowest BCUT2D eigenvalue weighted by Gasteiger charge is -2.29. The number of thiazole rings is 1. The second-order valence-corrected chi connectivity index (χ2v) is 8.26. The summed E-state index contributed by atoms with van der Waals surface area (Å²) in [4.78, 5) is 30.5. The first-order valence-electron chi connectivity index (χ1n) is 10.3. The van der Waals surface area contributed by atoms with Crippen molar-refractivity contribution in [1.82, 2.24) is 20.3 Å². The van der Waals surface area contributed by atoms with Crippen LogP contribution in [0.15, 0.2) is 48.0 Å². The van der Waals surface area contributed by atoms with Crippen LogP contribution in [0.1, 0.15) is 21.1 Å². The summed E-state index contributed by atoms with van der Waals surface area (Å²) in [6.07, 6.45) is 2.60. The maximum absolute atomic E-state index is 12.8. The molecule has 0 saturated carbocycles. The zero-order chi connectivity index (χ0) is 21.5. The molecule has 1 N–H and O–H groups in total. The van der Waals surface area contributed by atoms with Gasteiger partial charge in [-0.15, -0.1) is 11.3 Å². The zero-order valence-corrected chi connectivity index (χ0v) is 18.3. The second kappa shape index (κ2) is 10.3. The van der Waals surface area contributed by atoms with E-state index in [1.165, 1.54) is 16.9 Å². The van der Waals surface area contributed by atoms with Gasteiger partial charge in [0, 0.05) is 44.3 Å². The number of hydrogen-bond donors (Lipinski definition) is 1. The molecule has 1 fully saturated rings. The van der Waals surface area contributed by atoms with E-state index >= 15 is 0 Å². The summed E-state index contributed by atoms with van der Waals surface area (Å²) >= 11 is 1.51. The predicted molar refractivity (Wildman–Crippen MR) is 122 cm³/mol. The molecule has 8 nitrogen and oxygen atoms in total. The lowest BCUT2D eigenvalue weighted by molar-refractivity contribution is 0.0945. The maximum atomic E-state index is 12.8. The number of aromatic nitrogens is 3. The first kappa shape index (κ1) is 21.2. The van der Waals surface area contributed by atoms with E-state index in [-0.39, 0.29) is 5.91 Å². The fourth-order valence-electron chi connectivity index (χ4n) is 3.29. The van der Waals surface area contributed by atoms with Gasteiger partial charge in [-0.05, 0) is 12.0 Å². The van der Waals surface area contributed by atoms with Crippen LogP contribution in [0.25, 0.3) is 0 Å². The Balaban J connectivity index is 1.52. The smallest absolute Gasteiger partial charge is 0.270 e. The molecular formula is C22H26N6O2S. The molecule has 0 spiro atoms. The lowest BCUT2D eigenvalue weighted by atomic mass is 10.1. The molecule has 0 aliphatic carbocycles. The molecule has 3 heterocycles. The predicted octanol–water partition coefficient (Wildman–Crippen LogP) is 2.38. The summed E-state index contributed by atoms with van der Waals surface area (Å²) in [6.45, 7) is 3.90. The van der Waals surface area contributed by atoms with Crippen molar-refractivity contribution in [3.05, 3.63) is 64.2 Å². The molecule has 1 amide bonds. The summed E-state index contributed by atoms with van der Waals surface area (Å²) in [5.41, 5.74) is 1.61. The number of benzene rings is 1. The summed E-state index contributed by atoms with van der Waals surface area (Å²) in [5.74, 6) is 1.06. The van der Waals surface area contributed by atoms with E-state index in [0.29, 0.717) is 31.4 Å². The van der Waals surface area contributed by atoms with Gasteiger partial charge in [0.25, 0.3) is 5.91 Å². The molecule has 0 radical (unpaired) electrons. The maximum Gasteiger partial charge on any atom is 0.270 e. The van der Waals surface area contributed by atoms with Crippen molar-refractivity contribution in [2.24, 2.45) is 0 Å². The third-order valence-electron chi connectivity index (χ3n) is 5.07. The molecule has 1 aromatic carbocycles. The standard InChI is InChI=1S/C22H26N6O2S/c1-27(9-7-17-5-3-2-4-6-17)22-25-18(21(29)24-16-20-23-8-14-31-20)15-19(26-22)28-10-12-30-13-11-28/h2-6,8,14-15H,7,9-13,16H2,1H3,(H,24,29). The molecular weight excluding hydrogens is 412 g/mol. The Morgan fingerprint density at radius 1 is 1.23 bits per heavy atom. The van der Waals surface area contributed by atoms with Crippen LogP contribution in [0.5, 0.6) is 0 Å². The molecule has 1 saturated heterocycles. The van der Waals surface area contributed by atoms with Crippen molar-refractivity contribution in [2.45, 2.75) is 13.0 Å². The highest BCUT2D eigenvalue weighted by atomic mass is 32.1. The Hall–Kier alpha value is -3.04. The van der Waals surface area contributed by atoms with E-state index in [1.807, 2.05) is 35.5 Å². The van der Waals surface area contributed by atoms with Crippen LogP contribution in [0, 0.1) is 0 Å². The van der Waals surface area contributed by atoms with Crippen molar-refractivity contribution in [2.75, 3.05) is 49.7 Å². The Bertz CT molecular complexity index is 977. The highest BCUT2D eigenvalue weighted by Gasteiger charge is 2.19. The van der Waals surface area contributed by atoms with Crippen molar-refractivity contribution in [1.29, 1.82) is 0 Å². The van der Waals surface area contributed by atoms with Gasteiger partial charge in [0.2, 0.25) is 5.95 Å².